The Labute approximate surface area is 203 Å². The summed E-state index contributed by atoms with van der Waals surface area (Å²) in [4.78, 5) is 33.3. The smallest absolute Gasteiger partial charge is 0.317 e. The molecular formula is C25H41N7O2. The Hall–Kier alpha value is -2.34. The van der Waals surface area contributed by atoms with Gasteiger partial charge in [-0.1, -0.05) is 0 Å². The van der Waals surface area contributed by atoms with Gasteiger partial charge in [0.2, 0.25) is 12.1 Å². The Morgan fingerprint density at radius 2 is 1.62 bits per heavy atom. The van der Waals surface area contributed by atoms with Gasteiger partial charge in [0, 0.05) is 43.2 Å². The van der Waals surface area contributed by atoms with Crippen molar-refractivity contribution in [2.24, 2.45) is 33.9 Å². The average Bonchev–Trinajstić information content (AvgIpc) is 2.73. The Bertz CT molecular complexity index is 876. The Balaban J connectivity index is 1.43. The molecule has 4 saturated carbocycles. The maximum atomic E-state index is 12.6. The van der Waals surface area contributed by atoms with Crippen LogP contribution in [0.25, 0.3) is 0 Å². The standard InChI is InChI=1S/C25H41N7O2/c1-23(2,3)30-22(34)31-6-8-32(9-7-31)24(4,5)21(28-15-26)29-19-17-10-16-11-18(19)14-25(12-16,13-17)20(27)33/h16-19H,6-14H2,1-5H3,(H2,27,33)(H,28,29)(H,30,34). The second kappa shape index (κ2) is 8.71. The summed E-state index contributed by atoms with van der Waals surface area (Å²) in [7, 11) is 0. The fourth-order valence-corrected chi connectivity index (χ4v) is 7.13. The lowest BCUT2D eigenvalue weighted by atomic mass is 9.47. The van der Waals surface area contributed by atoms with Crippen LogP contribution in [-0.4, -0.2) is 70.9 Å². The molecule has 0 aromatic carbocycles. The van der Waals surface area contributed by atoms with Gasteiger partial charge in [-0.2, -0.15) is 10.3 Å². The van der Waals surface area contributed by atoms with Crippen LogP contribution in [0, 0.1) is 34.6 Å². The fraction of sp³-hybridized carbons (Fsp3) is 0.840. The Kier molecular flexibility index (Phi) is 6.34. The molecule has 5 rings (SSSR count). The lowest BCUT2D eigenvalue weighted by Gasteiger charge is -2.59. The first kappa shape index (κ1) is 24.8. The molecular weight excluding hydrogens is 430 g/mol. The third kappa shape index (κ3) is 4.61. The largest absolute Gasteiger partial charge is 0.369 e. The molecule has 1 heterocycles. The van der Waals surface area contributed by atoms with Crippen LogP contribution in [0.15, 0.2) is 4.99 Å². The quantitative estimate of drug-likeness (QED) is 0.328. The van der Waals surface area contributed by atoms with Crippen molar-refractivity contribution >= 4 is 17.8 Å². The number of nitriles is 1. The third-order valence-electron chi connectivity index (χ3n) is 8.68. The van der Waals surface area contributed by atoms with E-state index < -0.39 is 5.54 Å². The van der Waals surface area contributed by atoms with Crippen molar-refractivity contribution in [2.75, 3.05) is 26.2 Å². The lowest BCUT2D eigenvalue weighted by molar-refractivity contribution is -0.145. The minimum absolute atomic E-state index is 0.0361. The number of urea groups is 1. The molecule has 1 aliphatic heterocycles. The number of hydrogen-bond acceptors (Lipinski definition) is 5. The van der Waals surface area contributed by atoms with Crippen molar-refractivity contribution in [3.8, 4) is 6.19 Å². The summed E-state index contributed by atoms with van der Waals surface area (Å²) in [6, 6.07) is 0.181. The van der Waals surface area contributed by atoms with Gasteiger partial charge in [-0.25, -0.2) is 4.79 Å². The maximum absolute atomic E-state index is 12.6. The number of nitrogens with two attached hydrogens (primary N) is 1. The van der Waals surface area contributed by atoms with Crippen molar-refractivity contribution in [1.29, 1.82) is 5.26 Å². The zero-order chi connectivity index (χ0) is 24.9. The number of nitrogens with one attached hydrogen (secondary N) is 2. The number of carbonyl (C=O) groups excluding carboxylic acids is 2. The van der Waals surface area contributed by atoms with Crippen LogP contribution in [0.5, 0.6) is 0 Å². The van der Waals surface area contributed by atoms with Gasteiger partial charge >= 0.3 is 6.03 Å². The summed E-state index contributed by atoms with van der Waals surface area (Å²) in [6.07, 6.45) is 6.88. The van der Waals surface area contributed by atoms with Gasteiger partial charge in [0.25, 0.3) is 0 Å². The highest BCUT2D eigenvalue weighted by atomic mass is 16.2. The van der Waals surface area contributed by atoms with Crippen molar-refractivity contribution in [1.82, 2.24) is 20.4 Å². The van der Waals surface area contributed by atoms with Crippen molar-refractivity contribution in [2.45, 2.75) is 83.8 Å². The van der Waals surface area contributed by atoms with Crippen LogP contribution >= 0.6 is 0 Å². The first-order chi connectivity index (χ1) is 15.8. The number of carbonyl (C=O) groups is 2. The van der Waals surface area contributed by atoms with E-state index in [4.69, 9.17) is 5.73 Å². The molecule has 9 nitrogen and oxygen atoms in total. The number of aliphatic imine (C=N–C) groups is 1. The summed E-state index contributed by atoms with van der Waals surface area (Å²) in [5.41, 5.74) is 4.78. The molecule has 4 aliphatic carbocycles. The number of piperazine rings is 1. The van der Waals surface area contributed by atoms with Gasteiger partial charge in [0.15, 0.2) is 0 Å². The molecule has 5 aliphatic rings. The summed E-state index contributed by atoms with van der Waals surface area (Å²) in [5.74, 6) is 1.91. The van der Waals surface area contributed by atoms with Gasteiger partial charge in [-0.15, -0.1) is 0 Å². The number of primary amides is 1. The van der Waals surface area contributed by atoms with E-state index in [1.165, 1.54) is 0 Å². The van der Waals surface area contributed by atoms with Gasteiger partial charge in [0.1, 0.15) is 5.84 Å². The van der Waals surface area contributed by atoms with E-state index in [1.54, 1.807) is 0 Å². The first-order valence-electron chi connectivity index (χ1n) is 12.7. The molecule has 4 N–H and O–H groups in total. The Morgan fingerprint density at radius 3 is 2.12 bits per heavy atom. The molecule has 34 heavy (non-hydrogen) atoms. The van der Waals surface area contributed by atoms with Gasteiger partial charge in [-0.05, 0) is 84.5 Å². The SMILES string of the molecule is CC(C)(C)NC(=O)N1CCN(C(C)(C)/C(=N\C#N)NC2C3CC4CC2CC(C(N)=O)(C4)C3)CC1. The molecule has 2 atom stereocenters. The summed E-state index contributed by atoms with van der Waals surface area (Å²) >= 11 is 0. The average molecular weight is 472 g/mol. The highest BCUT2D eigenvalue weighted by molar-refractivity contribution is 5.92. The molecule has 2 unspecified atom stereocenters. The van der Waals surface area contributed by atoms with E-state index in [2.05, 4.69) is 34.4 Å². The Morgan fingerprint density at radius 1 is 1.03 bits per heavy atom. The van der Waals surface area contributed by atoms with Crippen LogP contribution in [0.4, 0.5) is 4.79 Å². The number of amides is 3. The van der Waals surface area contributed by atoms with Crippen LogP contribution in [0.1, 0.15) is 66.7 Å². The topological polar surface area (TPSA) is 127 Å². The second-order valence-corrected chi connectivity index (χ2v) is 12.6. The van der Waals surface area contributed by atoms with Gasteiger partial charge in [-0.3, -0.25) is 9.69 Å². The van der Waals surface area contributed by atoms with Gasteiger partial charge in [0.05, 0.1) is 5.54 Å². The molecule has 0 spiro atoms. The predicted molar refractivity (Wildman–Crippen MR) is 131 cm³/mol. The van der Waals surface area contributed by atoms with E-state index in [9.17, 15) is 14.9 Å². The monoisotopic (exact) mass is 471 g/mol. The van der Waals surface area contributed by atoms with E-state index in [0.717, 1.165) is 32.1 Å². The molecule has 9 heteroatoms. The number of nitrogens with zero attached hydrogens (tertiary/aromatic N) is 4. The van der Waals surface area contributed by atoms with Crippen molar-refractivity contribution in [3.63, 3.8) is 0 Å². The molecule has 4 bridgehead atoms. The fourth-order valence-electron chi connectivity index (χ4n) is 7.13. The minimum Gasteiger partial charge on any atom is -0.369 e. The van der Waals surface area contributed by atoms with Crippen LogP contribution in [0.3, 0.4) is 0 Å². The lowest BCUT2D eigenvalue weighted by Crippen LogP contribution is -2.67. The molecule has 3 amide bonds. The maximum Gasteiger partial charge on any atom is 0.317 e. The zero-order valence-electron chi connectivity index (χ0n) is 21.4. The van der Waals surface area contributed by atoms with Crippen LogP contribution in [-0.2, 0) is 4.79 Å². The summed E-state index contributed by atoms with van der Waals surface area (Å²) in [6.45, 7) is 12.8. The molecule has 0 radical (unpaired) electrons. The van der Waals surface area contributed by atoms with Crippen LogP contribution < -0.4 is 16.4 Å². The molecule has 0 aromatic rings. The molecule has 0 aromatic heterocycles. The summed E-state index contributed by atoms with van der Waals surface area (Å²) < 4.78 is 0. The third-order valence-corrected chi connectivity index (χ3v) is 8.68. The number of rotatable bonds is 4. The predicted octanol–water partition coefficient (Wildman–Crippen LogP) is 2.04. The zero-order valence-corrected chi connectivity index (χ0v) is 21.4. The number of hydrogen-bond donors (Lipinski definition) is 3. The van der Waals surface area contributed by atoms with E-state index in [0.29, 0.717) is 49.8 Å². The molecule has 188 valence electrons. The number of amidine groups is 1. The van der Waals surface area contributed by atoms with Crippen molar-refractivity contribution in [3.05, 3.63) is 0 Å². The van der Waals surface area contributed by atoms with E-state index in [1.807, 2.05) is 31.9 Å². The second-order valence-electron chi connectivity index (χ2n) is 12.6. The van der Waals surface area contributed by atoms with Gasteiger partial charge < -0.3 is 21.3 Å². The van der Waals surface area contributed by atoms with Crippen molar-refractivity contribution < 1.29 is 9.59 Å². The van der Waals surface area contributed by atoms with E-state index >= 15 is 0 Å². The highest BCUT2D eigenvalue weighted by Crippen LogP contribution is 2.60. The molecule has 1 saturated heterocycles. The minimum atomic E-state index is -0.474. The first-order valence-corrected chi connectivity index (χ1v) is 12.7. The highest BCUT2D eigenvalue weighted by Gasteiger charge is 2.58. The van der Waals surface area contributed by atoms with E-state index in [-0.39, 0.29) is 28.9 Å². The molecule has 5 fully saturated rings. The normalized spacial score (nSPS) is 34.0. The van der Waals surface area contributed by atoms with Crippen LogP contribution in [0.2, 0.25) is 0 Å². The summed E-state index contributed by atoms with van der Waals surface area (Å²) in [5, 5.41) is 16.2.